The predicted octanol–water partition coefficient (Wildman–Crippen LogP) is 3.57. The molecular weight excluding hydrogens is 365 g/mol. The van der Waals surface area contributed by atoms with Gasteiger partial charge in [0.15, 0.2) is 5.60 Å². The number of hydrogen-bond acceptors (Lipinski definition) is 4. The Hall–Kier alpha value is -1.46. The number of methoxy groups -OCH3 is 1. The second-order valence-corrected chi connectivity index (χ2v) is 8.18. The van der Waals surface area contributed by atoms with Crippen LogP contribution in [0.5, 0.6) is 5.75 Å². The van der Waals surface area contributed by atoms with Crippen LogP contribution in [0.2, 0.25) is 0 Å². The lowest BCUT2D eigenvalue weighted by atomic mass is 10.1. The molecule has 0 spiro atoms. The molecule has 1 fully saturated rings. The summed E-state index contributed by atoms with van der Waals surface area (Å²) in [5, 5.41) is 2.77. The first-order chi connectivity index (χ1) is 11.7. The molecular formula is C18H23Cl2NO4. The molecule has 0 radical (unpaired) electrons. The zero-order valence-corrected chi connectivity index (χ0v) is 16.1. The molecule has 1 aromatic rings. The van der Waals surface area contributed by atoms with E-state index in [0.29, 0.717) is 18.7 Å². The molecule has 7 heteroatoms. The molecule has 5 nitrogen and oxygen atoms in total. The lowest BCUT2D eigenvalue weighted by Crippen LogP contribution is -2.46. The third kappa shape index (κ3) is 5.51. The van der Waals surface area contributed by atoms with E-state index in [9.17, 15) is 9.59 Å². The van der Waals surface area contributed by atoms with Crippen LogP contribution in [0.15, 0.2) is 24.3 Å². The van der Waals surface area contributed by atoms with Gasteiger partial charge in [0.1, 0.15) is 10.1 Å². The van der Waals surface area contributed by atoms with E-state index >= 15 is 0 Å². The van der Waals surface area contributed by atoms with E-state index in [-0.39, 0.29) is 24.2 Å². The zero-order chi connectivity index (χ0) is 18.7. The number of carbonyl (C=O) groups is 2. The van der Waals surface area contributed by atoms with Gasteiger partial charge in [-0.2, -0.15) is 0 Å². The monoisotopic (exact) mass is 387 g/mol. The Morgan fingerprint density at radius 1 is 1.28 bits per heavy atom. The summed E-state index contributed by atoms with van der Waals surface area (Å²) in [6.45, 7) is 3.77. The minimum atomic E-state index is -1.03. The smallest absolute Gasteiger partial charge is 0.305 e. The normalized spacial score (nSPS) is 18.4. The lowest BCUT2D eigenvalue weighted by Gasteiger charge is -2.25. The minimum absolute atomic E-state index is 0.149. The van der Waals surface area contributed by atoms with Gasteiger partial charge >= 0.3 is 5.97 Å². The topological polar surface area (TPSA) is 64.6 Å². The molecule has 0 heterocycles. The number of carbonyl (C=O) groups excluding carboxylic acids is 2. The molecule has 0 aliphatic heterocycles. The van der Waals surface area contributed by atoms with Crippen molar-refractivity contribution in [1.29, 1.82) is 0 Å². The van der Waals surface area contributed by atoms with Gasteiger partial charge < -0.3 is 14.8 Å². The number of rotatable bonds is 8. The van der Waals surface area contributed by atoms with E-state index in [1.54, 1.807) is 13.8 Å². The predicted molar refractivity (Wildman–Crippen MR) is 97.2 cm³/mol. The van der Waals surface area contributed by atoms with E-state index < -0.39 is 9.93 Å². The largest absolute Gasteiger partial charge is 0.478 e. The third-order valence-electron chi connectivity index (χ3n) is 4.10. The Kier molecular flexibility index (Phi) is 6.22. The first-order valence-corrected chi connectivity index (χ1v) is 8.93. The lowest BCUT2D eigenvalue weighted by molar-refractivity contribution is -0.141. The Morgan fingerprint density at radius 3 is 2.40 bits per heavy atom. The Morgan fingerprint density at radius 2 is 1.88 bits per heavy atom. The molecule has 1 atom stereocenters. The summed E-state index contributed by atoms with van der Waals surface area (Å²) in [5.74, 6) is 0.201. The molecule has 0 bridgehead atoms. The molecule has 1 aliphatic carbocycles. The number of hydrogen-bond donors (Lipinski definition) is 1. The number of nitrogens with one attached hydrogen (secondary N) is 1. The number of benzene rings is 1. The van der Waals surface area contributed by atoms with Crippen molar-refractivity contribution in [1.82, 2.24) is 5.32 Å². The molecule has 0 saturated heterocycles. The van der Waals surface area contributed by atoms with Gasteiger partial charge in [0, 0.05) is 18.9 Å². The fourth-order valence-corrected chi connectivity index (χ4v) is 2.99. The van der Waals surface area contributed by atoms with E-state index in [2.05, 4.69) is 10.1 Å². The zero-order valence-electron chi connectivity index (χ0n) is 14.6. The van der Waals surface area contributed by atoms with Crippen molar-refractivity contribution in [2.24, 2.45) is 0 Å². The van der Waals surface area contributed by atoms with E-state index in [1.807, 2.05) is 24.3 Å². The van der Waals surface area contributed by atoms with E-state index in [4.69, 9.17) is 27.9 Å². The van der Waals surface area contributed by atoms with Gasteiger partial charge in [0.05, 0.1) is 7.11 Å². The van der Waals surface area contributed by atoms with Crippen LogP contribution in [-0.2, 0) is 14.3 Å². The highest BCUT2D eigenvalue weighted by molar-refractivity contribution is 6.51. The molecule has 138 valence electrons. The van der Waals surface area contributed by atoms with Crippen LogP contribution < -0.4 is 10.1 Å². The average Bonchev–Trinajstić information content (AvgIpc) is 3.19. The maximum Gasteiger partial charge on any atom is 0.305 e. The summed E-state index contributed by atoms with van der Waals surface area (Å²) in [7, 11) is 1.34. The summed E-state index contributed by atoms with van der Waals surface area (Å²) in [6, 6.07) is 7.45. The summed E-state index contributed by atoms with van der Waals surface area (Å²) in [4.78, 5) is 23.3. The maximum absolute atomic E-state index is 12.3. The summed E-state index contributed by atoms with van der Waals surface area (Å²) < 4.78 is 9.69. The molecule has 1 aromatic carbocycles. The van der Waals surface area contributed by atoms with Gasteiger partial charge in [-0.15, -0.1) is 23.2 Å². The quantitative estimate of drug-likeness (QED) is 0.420. The Balaban J connectivity index is 1.83. The van der Waals surface area contributed by atoms with Crippen molar-refractivity contribution >= 4 is 35.1 Å². The molecule has 1 unspecified atom stereocenters. The number of ether oxygens (including phenoxy) is 2. The van der Waals surface area contributed by atoms with Gasteiger partial charge in [0.2, 0.25) is 0 Å². The molecule has 0 aromatic heterocycles. The molecule has 1 saturated carbocycles. The summed E-state index contributed by atoms with van der Waals surface area (Å²) in [6.07, 6.45) is 1.53. The first kappa shape index (κ1) is 19.9. The molecule has 25 heavy (non-hydrogen) atoms. The van der Waals surface area contributed by atoms with Crippen LogP contribution in [0, 0.1) is 0 Å². The second-order valence-electron chi connectivity index (χ2n) is 6.63. The SMILES string of the molecule is COC(=O)CCCNC(=O)C(C)(C)Oc1ccc(C2CC2(Cl)Cl)cc1. The van der Waals surface area contributed by atoms with Crippen LogP contribution in [0.4, 0.5) is 0 Å². The van der Waals surface area contributed by atoms with Crippen molar-refractivity contribution in [2.45, 2.75) is 49.0 Å². The van der Waals surface area contributed by atoms with Gasteiger partial charge in [-0.1, -0.05) is 12.1 Å². The van der Waals surface area contributed by atoms with Crippen LogP contribution in [0.3, 0.4) is 0 Å². The van der Waals surface area contributed by atoms with Crippen molar-refractivity contribution in [2.75, 3.05) is 13.7 Å². The van der Waals surface area contributed by atoms with Gasteiger partial charge in [0.25, 0.3) is 5.91 Å². The summed E-state index contributed by atoms with van der Waals surface area (Å²) >= 11 is 12.1. The molecule has 1 aliphatic rings. The molecule has 1 amide bonds. The summed E-state index contributed by atoms with van der Waals surface area (Å²) in [5.41, 5.74) is 0.0251. The minimum Gasteiger partial charge on any atom is -0.478 e. The number of esters is 1. The molecule has 2 rings (SSSR count). The van der Waals surface area contributed by atoms with E-state index in [1.165, 1.54) is 7.11 Å². The number of halogens is 2. The Bertz CT molecular complexity index is 628. The molecule has 1 N–H and O–H groups in total. The van der Waals surface area contributed by atoms with Crippen molar-refractivity contribution in [3.63, 3.8) is 0 Å². The maximum atomic E-state index is 12.3. The average molecular weight is 388 g/mol. The van der Waals surface area contributed by atoms with E-state index in [0.717, 1.165) is 12.0 Å². The number of amides is 1. The van der Waals surface area contributed by atoms with Gasteiger partial charge in [-0.05, 0) is 44.4 Å². The fraction of sp³-hybridized carbons (Fsp3) is 0.556. The second kappa shape index (κ2) is 7.83. The third-order valence-corrected chi connectivity index (χ3v) is 4.93. The van der Waals surface area contributed by atoms with Gasteiger partial charge in [-0.3, -0.25) is 9.59 Å². The fourth-order valence-electron chi connectivity index (χ4n) is 2.43. The highest BCUT2D eigenvalue weighted by Gasteiger charge is 2.52. The standard InChI is InChI=1S/C18H23Cl2NO4/c1-17(2,16(23)21-10-4-5-15(22)24-3)25-13-8-6-12(7-9-13)14-11-18(14,19)20/h6-9,14H,4-5,10-11H2,1-3H3,(H,21,23). The van der Waals surface area contributed by atoms with Gasteiger partial charge in [-0.25, -0.2) is 0 Å². The number of alkyl halides is 2. The Labute approximate surface area is 158 Å². The van der Waals surface area contributed by atoms with Crippen molar-refractivity contribution in [3.05, 3.63) is 29.8 Å². The van der Waals surface area contributed by atoms with Crippen molar-refractivity contribution < 1.29 is 19.1 Å². The highest BCUT2D eigenvalue weighted by Crippen LogP contribution is 2.59. The van der Waals surface area contributed by atoms with Crippen LogP contribution in [0.25, 0.3) is 0 Å². The van der Waals surface area contributed by atoms with Crippen LogP contribution >= 0.6 is 23.2 Å². The van der Waals surface area contributed by atoms with Crippen molar-refractivity contribution in [3.8, 4) is 5.75 Å². The van der Waals surface area contributed by atoms with Crippen LogP contribution in [0.1, 0.15) is 44.6 Å². The highest BCUT2D eigenvalue weighted by atomic mass is 35.5. The van der Waals surface area contributed by atoms with Crippen LogP contribution in [-0.4, -0.2) is 35.5 Å². The first-order valence-electron chi connectivity index (χ1n) is 8.17.